The van der Waals surface area contributed by atoms with Crippen molar-refractivity contribution in [1.82, 2.24) is 4.31 Å². The van der Waals surface area contributed by atoms with Gasteiger partial charge in [-0.2, -0.15) is 4.31 Å². The maximum Gasteiger partial charge on any atom is 0.244 e. The minimum absolute atomic E-state index is 0.0373. The van der Waals surface area contributed by atoms with Crippen LogP contribution in [0, 0.1) is 5.82 Å². The molecule has 1 aliphatic rings. The fourth-order valence-corrected chi connectivity index (χ4v) is 4.88. The second-order valence-corrected chi connectivity index (χ2v) is 8.39. The minimum Gasteiger partial charge on any atom is -0.326 e. The number of benzene rings is 2. The van der Waals surface area contributed by atoms with Crippen molar-refractivity contribution in [3.63, 3.8) is 0 Å². The molecule has 26 heavy (non-hydrogen) atoms. The zero-order valence-corrected chi connectivity index (χ0v) is 15.5. The number of nitrogens with one attached hydrogen (secondary N) is 1. The second-order valence-electron chi connectivity index (χ2n) is 6.07. The standard InChI is InChI=1S/C18H18ClFN2O3S/c19-15-8-7-14(12-17(15)26(24,25)22-9-3-4-10-22)21-18(23)11-13-5-1-2-6-16(13)20/h1-2,5-8,12H,3-4,9-11H2,(H,21,23). The molecule has 1 aliphatic heterocycles. The molecule has 0 radical (unpaired) electrons. The molecule has 0 unspecified atom stereocenters. The molecular formula is C18H18ClFN2O3S. The Kier molecular flexibility index (Phi) is 5.60. The van der Waals surface area contributed by atoms with Crippen LogP contribution >= 0.6 is 11.6 Å². The average Bonchev–Trinajstić information content (AvgIpc) is 3.14. The maximum atomic E-state index is 13.7. The van der Waals surface area contributed by atoms with Gasteiger partial charge in [0.25, 0.3) is 0 Å². The Hall–Kier alpha value is -1.96. The molecule has 1 amide bonds. The van der Waals surface area contributed by atoms with Crippen molar-refractivity contribution in [1.29, 1.82) is 0 Å². The van der Waals surface area contributed by atoms with E-state index in [1.807, 2.05) is 0 Å². The number of sulfonamides is 1. The Morgan fingerprint density at radius 3 is 2.54 bits per heavy atom. The van der Waals surface area contributed by atoms with Crippen LogP contribution in [0.1, 0.15) is 18.4 Å². The Bertz CT molecular complexity index is 928. The lowest BCUT2D eigenvalue weighted by Gasteiger charge is -2.17. The lowest BCUT2D eigenvalue weighted by molar-refractivity contribution is -0.115. The summed E-state index contributed by atoms with van der Waals surface area (Å²) in [5.41, 5.74) is 0.567. The first-order valence-electron chi connectivity index (χ1n) is 8.21. The van der Waals surface area contributed by atoms with E-state index < -0.39 is 21.7 Å². The Morgan fingerprint density at radius 2 is 1.85 bits per heavy atom. The number of carbonyl (C=O) groups excluding carboxylic acids is 1. The van der Waals surface area contributed by atoms with Crippen LogP contribution in [0.4, 0.5) is 10.1 Å². The molecule has 3 rings (SSSR count). The predicted molar refractivity (Wildman–Crippen MR) is 98.2 cm³/mol. The van der Waals surface area contributed by atoms with Gasteiger partial charge in [0.2, 0.25) is 15.9 Å². The lowest BCUT2D eigenvalue weighted by Crippen LogP contribution is -2.28. The summed E-state index contributed by atoms with van der Waals surface area (Å²) in [5, 5.41) is 2.70. The van der Waals surface area contributed by atoms with Crippen molar-refractivity contribution in [3.8, 4) is 0 Å². The highest BCUT2D eigenvalue weighted by Crippen LogP contribution is 2.29. The SMILES string of the molecule is O=C(Cc1ccccc1F)Nc1ccc(Cl)c(S(=O)(=O)N2CCCC2)c1. The van der Waals surface area contributed by atoms with Crippen molar-refractivity contribution < 1.29 is 17.6 Å². The van der Waals surface area contributed by atoms with Gasteiger partial charge in [-0.1, -0.05) is 29.8 Å². The third kappa shape index (κ3) is 4.06. The van der Waals surface area contributed by atoms with Crippen LogP contribution in [0.3, 0.4) is 0 Å². The number of amides is 1. The van der Waals surface area contributed by atoms with Crippen LogP contribution in [-0.4, -0.2) is 31.7 Å². The van der Waals surface area contributed by atoms with Crippen LogP contribution in [0.2, 0.25) is 5.02 Å². The Balaban J connectivity index is 1.79. The zero-order chi connectivity index (χ0) is 18.7. The van der Waals surface area contributed by atoms with E-state index >= 15 is 0 Å². The molecule has 0 bridgehead atoms. The summed E-state index contributed by atoms with van der Waals surface area (Å²) in [4.78, 5) is 12.1. The van der Waals surface area contributed by atoms with E-state index in [0.717, 1.165) is 12.8 Å². The molecule has 2 aromatic carbocycles. The molecule has 5 nitrogen and oxygen atoms in total. The van der Waals surface area contributed by atoms with Crippen LogP contribution in [-0.2, 0) is 21.2 Å². The van der Waals surface area contributed by atoms with Gasteiger partial charge in [-0.3, -0.25) is 4.79 Å². The molecular weight excluding hydrogens is 379 g/mol. The first-order valence-corrected chi connectivity index (χ1v) is 10.0. The number of hydrogen-bond acceptors (Lipinski definition) is 3. The summed E-state index contributed by atoms with van der Waals surface area (Å²) in [6, 6.07) is 10.3. The van der Waals surface area contributed by atoms with E-state index in [2.05, 4.69) is 5.32 Å². The Morgan fingerprint density at radius 1 is 1.15 bits per heavy atom. The number of halogens is 2. The van der Waals surface area contributed by atoms with E-state index in [1.165, 1.54) is 34.6 Å². The lowest BCUT2D eigenvalue weighted by atomic mass is 10.1. The maximum absolute atomic E-state index is 13.7. The summed E-state index contributed by atoms with van der Waals surface area (Å²) in [7, 11) is -3.70. The van der Waals surface area contributed by atoms with Gasteiger partial charge in [-0.05, 0) is 42.7 Å². The fraction of sp³-hybridized carbons (Fsp3) is 0.278. The molecule has 0 aliphatic carbocycles. The van der Waals surface area contributed by atoms with Crippen LogP contribution in [0.15, 0.2) is 47.4 Å². The van der Waals surface area contributed by atoms with Gasteiger partial charge in [-0.25, -0.2) is 12.8 Å². The van der Waals surface area contributed by atoms with Gasteiger partial charge in [0.05, 0.1) is 11.4 Å². The third-order valence-electron chi connectivity index (χ3n) is 4.21. The van der Waals surface area contributed by atoms with Crippen LogP contribution in [0.25, 0.3) is 0 Å². The van der Waals surface area contributed by atoms with Gasteiger partial charge in [0, 0.05) is 18.8 Å². The molecule has 2 aromatic rings. The highest BCUT2D eigenvalue weighted by atomic mass is 35.5. The molecule has 1 heterocycles. The van der Waals surface area contributed by atoms with Gasteiger partial charge in [0.15, 0.2) is 0 Å². The summed E-state index contributed by atoms with van der Waals surface area (Å²) >= 11 is 6.08. The van der Waals surface area contributed by atoms with Crippen molar-refractivity contribution in [3.05, 3.63) is 58.9 Å². The molecule has 0 spiro atoms. The van der Waals surface area contributed by atoms with Crippen molar-refractivity contribution in [2.45, 2.75) is 24.2 Å². The molecule has 138 valence electrons. The van der Waals surface area contributed by atoms with Crippen molar-refractivity contribution >= 4 is 33.2 Å². The highest BCUT2D eigenvalue weighted by molar-refractivity contribution is 7.89. The first kappa shape index (κ1) is 18.8. The molecule has 0 aromatic heterocycles. The number of rotatable bonds is 5. The van der Waals surface area contributed by atoms with E-state index in [0.29, 0.717) is 18.8 Å². The molecule has 0 atom stereocenters. The van der Waals surface area contributed by atoms with E-state index in [1.54, 1.807) is 12.1 Å². The molecule has 1 fully saturated rings. The monoisotopic (exact) mass is 396 g/mol. The third-order valence-corrected chi connectivity index (χ3v) is 6.59. The second kappa shape index (κ2) is 7.73. The van der Waals surface area contributed by atoms with E-state index in [4.69, 9.17) is 11.6 Å². The number of hydrogen-bond donors (Lipinski definition) is 1. The summed E-state index contributed by atoms with van der Waals surface area (Å²) < 4.78 is 40.5. The molecule has 1 saturated heterocycles. The fourth-order valence-electron chi connectivity index (χ4n) is 2.87. The summed E-state index contributed by atoms with van der Waals surface area (Å²) in [5.74, 6) is -0.905. The summed E-state index contributed by atoms with van der Waals surface area (Å²) in [6.45, 7) is 0.922. The summed E-state index contributed by atoms with van der Waals surface area (Å²) in [6.07, 6.45) is 1.48. The van der Waals surface area contributed by atoms with E-state index in [-0.39, 0.29) is 21.9 Å². The van der Waals surface area contributed by atoms with Crippen molar-refractivity contribution in [2.75, 3.05) is 18.4 Å². The van der Waals surface area contributed by atoms with Crippen molar-refractivity contribution in [2.24, 2.45) is 0 Å². The van der Waals surface area contributed by atoms with Gasteiger partial charge >= 0.3 is 0 Å². The number of carbonyl (C=O) groups is 1. The quantitative estimate of drug-likeness (QED) is 0.841. The normalized spacial score (nSPS) is 15.2. The van der Waals surface area contributed by atoms with Crippen LogP contribution in [0.5, 0.6) is 0 Å². The van der Waals surface area contributed by atoms with E-state index in [9.17, 15) is 17.6 Å². The zero-order valence-electron chi connectivity index (χ0n) is 13.9. The van der Waals surface area contributed by atoms with Crippen LogP contribution < -0.4 is 5.32 Å². The molecule has 8 heteroatoms. The predicted octanol–water partition coefficient (Wildman–Crippen LogP) is 3.44. The smallest absolute Gasteiger partial charge is 0.244 e. The molecule has 1 N–H and O–H groups in total. The largest absolute Gasteiger partial charge is 0.326 e. The Labute approximate surface area is 156 Å². The first-order chi connectivity index (χ1) is 12.4. The molecule has 0 saturated carbocycles. The van der Waals surface area contributed by atoms with Gasteiger partial charge < -0.3 is 5.32 Å². The minimum atomic E-state index is -3.70. The topological polar surface area (TPSA) is 66.5 Å². The average molecular weight is 397 g/mol. The number of nitrogens with zero attached hydrogens (tertiary/aromatic N) is 1. The van der Waals surface area contributed by atoms with Gasteiger partial charge in [0.1, 0.15) is 10.7 Å². The number of anilines is 1. The van der Waals surface area contributed by atoms with Gasteiger partial charge in [-0.15, -0.1) is 0 Å². The highest BCUT2D eigenvalue weighted by Gasteiger charge is 2.29.